The second kappa shape index (κ2) is 5.74. The highest BCUT2D eigenvalue weighted by molar-refractivity contribution is 6.00. The average molecular weight is 320 g/mol. The van der Waals surface area contributed by atoms with E-state index in [0.29, 0.717) is 5.56 Å². The number of nitrogens with zero attached hydrogens (tertiary/aromatic N) is 3. The van der Waals surface area contributed by atoms with Crippen LogP contribution in [0.25, 0.3) is 5.52 Å². The summed E-state index contributed by atoms with van der Waals surface area (Å²) in [5, 5.41) is 7.57. The Morgan fingerprint density at radius 1 is 1.25 bits per heavy atom. The van der Waals surface area contributed by atoms with Crippen molar-refractivity contribution in [3.05, 3.63) is 64.7 Å². The molecule has 3 aromatic heterocycles. The minimum atomic E-state index is -0.0667. The summed E-state index contributed by atoms with van der Waals surface area (Å²) in [6.45, 7) is 4.06. The lowest BCUT2D eigenvalue weighted by molar-refractivity contribution is 0.0934. The van der Waals surface area contributed by atoms with E-state index in [4.69, 9.17) is 0 Å². The highest BCUT2D eigenvalue weighted by Gasteiger charge is 2.23. The smallest absolute Gasteiger partial charge is 0.255 e. The summed E-state index contributed by atoms with van der Waals surface area (Å²) in [7, 11) is 0. The summed E-state index contributed by atoms with van der Waals surface area (Å²) in [5.41, 5.74) is 6.11. The van der Waals surface area contributed by atoms with Crippen LogP contribution in [0.2, 0.25) is 0 Å². The van der Waals surface area contributed by atoms with Crippen LogP contribution in [0, 0.1) is 13.8 Å². The first-order valence-electron chi connectivity index (χ1n) is 8.33. The molecule has 0 spiro atoms. The molecule has 5 nitrogen and oxygen atoms in total. The lowest BCUT2D eigenvalue weighted by Crippen LogP contribution is -2.31. The van der Waals surface area contributed by atoms with Gasteiger partial charge in [-0.2, -0.15) is 5.10 Å². The first-order valence-corrected chi connectivity index (χ1v) is 8.33. The normalized spacial score (nSPS) is 16.8. The van der Waals surface area contributed by atoms with E-state index in [-0.39, 0.29) is 11.9 Å². The molecule has 3 heterocycles. The van der Waals surface area contributed by atoms with Crippen LogP contribution in [0.3, 0.4) is 0 Å². The minimum absolute atomic E-state index is 0.0470. The fourth-order valence-corrected chi connectivity index (χ4v) is 3.48. The molecule has 0 bridgehead atoms. The molecule has 4 rings (SSSR count). The number of fused-ring (bicyclic) bond motifs is 2. The van der Waals surface area contributed by atoms with Crippen molar-refractivity contribution in [2.75, 3.05) is 0 Å². The number of rotatable bonds is 2. The fraction of sp³-hybridized carbons (Fsp3) is 0.316. The van der Waals surface area contributed by atoms with Gasteiger partial charge in [0.05, 0.1) is 23.3 Å². The highest BCUT2D eigenvalue weighted by atomic mass is 16.1. The Kier molecular flexibility index (Phi) is 3.56. The largest absolute Gasteiger partial charge is 0.345 e. The van der Waals surface area contributed by atoms with Gasteiger partial charge in [0.1, 0.15) is 0 Å². The standard InChI is InChI=1S/C19H20N4O/c1-12-6-7-18-16(11-21-23(18)13(12)2)19(24)22-17-5-3-4-14-10-20-9-8-15(14)17/h6-11,17H,3-5H2,1-2H3,(H,22,24). The summed E-state index contributed by atoms with van der Waals surface area (Å²) >= 11 is 0. The van der Waals surface area contributed by atoms with Crippen molar-refractivity contribution in [1.29, 1.82) is 0 Å². The lowest BCUT2D eigenvalue weighted by Gasteiger charge is -2.25. The van der Waals surface area contributed by atoms with Crippen LogP contribution in [0.1, 0.15) is 51.6 Å². The molecule has 122 valence electrons. The highest BCUT2D eigenvalue weighted by Crippen LogP contribution is 2.29. The fourth-order valence-electron chi connectivity index (χ4n) is 3.48. The van der Waals surface area contributed by atoms with Gasteiger partial charge >= 0.3 is 0 Å². The number of carbonyl (C=O) groups excluding carboxylic acids is 1. The molecule has 1 unspecified atom stereocenters. The number of pyridine rings is 2. The van der Waals surface area contributed by atoms with E-state index < -0.39 is 0 Å². The topological polar surface area (TPSA) is 59.3 Å². The summed E-state index contributed by atoms with van der Waals surface area (Å²) in [6, 6.07) is 6.06. The number of nitrogens with one attached hydrogen (secondary N) is 1. The number of hydrogen-bond donors (Lipinski definition) is 1. The van der Waals surface area contributed by atoms with E-state index in [0.717, 1.165) is 36.0 Å². The Morgan fingerprint density at radius 2 is 2.12 bits per heavy atom. The van der Waals surface area contributed by atoms with Gasteiger partial charge in [-0.05, 0) is 61.9 Å². The van der Waals surface area contributed by atoms with Crippen LogP contribution in [0.5, 0.6) is 0 Å². The predicted octanol–water partition coefficient (Wildman–Crippen LogP) is 3.15. The van der Waals surface area contributed by atoms with E-state index in [2.05, 4.69) is 15.4 Å². The van der Waals surface area contributed by atoms with E-state index in [9.17, 15) is 4.79 Å². The summed E-state index contributed by atoms with van der Waals surface area (Å²) in [5.74, 6) is -0.0667. The van der Waals surface area contributed by atoms with E-state index >= 15 is 0 Å². The van der Waals surface area contributed by atoms with Gasteiger partial charge < -0.3 is 5.32 Å². The van der Waals surface area contributed by atoms with Crippen LogP contribution in [-0.4, -0.2) is 20.5 Å². The van der Waals surface area contributed by atoms with Gasteiger partial charge in [-0.15, -0.1) is 0 Å². The molecule has 0 fully saturated rings. The molecule has 1 aliphatic rings. The van der Waals surface area contributed by atoms with Gasteiger partial charge in [-0.3, -0.25) is 9.78 Å². The van der Waals surface area contributed by atoms with Crippen molar-refractivity contribution in [3.63, 3.8) is 0 Å². The van der Waals surface area contributed by atoms with Gasteiger partial charge in [0.25, 0.3) is 5.91 Å². The SMILES string of the molecule is Cc1ccc2c(C(=O)NC3CCCc4cnccc43)cnn2c1C. The molecule has 1 amide bonds. The Hall–Kier alpha value is -2.69. The van der Waals surface area contributed by atoms with E-state index in [1.807, 2.05) is 42.8 Å². The van der Waals surface area contributed by atoms with E-state index in [1.54, 1.807) is 12.4 Å². The van der Waals surface area contributed by atoms with Crippen molar-refractivity contribution in [2.45, 2.75) is 39.2 Å². The van der Waals surface area contributed by atoms with Crippen molar-refractivity contribution >= 4 is 11.4 Å². The molecule has 0 saturated carbocycles. The maximum Gasteiger partial charge on any atom is 0.255 e. The summed E-state index contributed by atoms with van der Waals surface area (Å²) in [4.78, 5) is 17.0. The van der Waals surface area contributed by atoms with Crippen molar-refractivity contribution < 1.29 is 4.79 Å². The first-order chi connectivity index (χ1) is 11.6. The van der Waals surface area contributed by atoms with Crippen LogP contribution in [0.4, 0.5) is 0 Å². The van der Waals surface area contributed by atoms with Crippen LogP contribution in [0.15, 0.2) is 36.8 Å². The zero-order valence-electron chi connectivity index (χ0n) is 13.9. The number of aryl methyl sites for hydroxylation is 3. The molecule has 24 heavy (non-hydrogen) atoms. The Morgan fingerprint density at radius 3 is 3.00 bits per heavy atom. The third-order valence-electron chi connectivity index (χ3n) is 4.99. The first kappa shape index (κ1) is 14.9. The second-order valence-corrected chi connectivity index (χ2v) is 6.45. The van der Waals surface area contributed by atoms with Crippen molar-refractivity contribution in [2.24, 2.45) is 0 Å². The van der Waals surface area contributed by atoms with Crippen LogP contribution in [-0.2, 0) is 6.42 Å². The van der Waals surface area contributed by atoms with Gasteiger partial charge in [0, 0.05) is 18.1 Å². The van der Waals surface area contributed by atoms with Crippen molar-refractivity contribution in [1.82, 2.24) is 19.9 Å². The third kappa shape index (κ3) is 2.37. The van der Waals surface area contributed by atoms with Crippen molar-refractivity contribution in [3.8, 4) is 0 Å². The number of hydrogen-bond acceptors (Lipinski definition) is 3. The Balaban J connectivity index is 1.65. The second-order valence-electron chi connectivity index (χ2n) is 6.45. The molecule has 3 aromatic rings. The average Bonchev–Trinajstić information content (AvgIpc) is 3.03. The molecular weight excluding hydrogens is 300 g/mol. The molecule has 1 N–H and O–H groups in total. The maximum atomic E-state index is 12.8. The monoisotopic (exact) mass is 320 g/mol. The van der Waals surface area contributed by atoms with Gasteiger partial charge in [0.2, 0.25) is 0 Å². The number of carbonyl (C=O) groups is 1. The van der Waals surface area contributed by atoms with Crippen LogP contribution < -0.4 is 5.32 Å². The van der Waals surface area contributed by atoms with E-state index in [1.165, 1.54) is 11.1 Å². The van der Waals surface area contributed by atoms with Gasteiger partial charge in [0.15, 0.2) is 0 Å². The van der Waals surface area contributed by atoms with Gasteiger partial charge in [-0.25, -0.2) is 4.52 Å². The number of aromatic nitrogens is 3. The molecule has 0 radical (unpaired) electrons. The maximum absolute atomic E-state index is 12.8. The van der Waals surface area contributed by atoms with Gasteiger partial charge in [-0.1, -0.05) is 6.07 Å². The zero-order valence-corrected chi connectivity index (χ0v) is 13.9. The molecule has 0 aliphatic heterocycles. The molecular formula is C19H20N4O. The third-order valence-corrected chi connectivity index (χ3v) is 4.99. The lowest BCUT2D eigenvalue weighted by atomic mass is 9.89. The summed E-state index contributed by atoms with van der Waals surface area (Å²) in [6.07, 6.45) is 8.43. The van der Waals surface area contributed by atoms with Crippen LogP contribution >= 0.6 is 0 Å². The summed E-state index contributed by atoms with van der Waals surface area (Å²) < 4.78 is 1.84. The molecule has 1 atom stereocenters. The molecule has 5 heteroatoms. The quantitative estimate of drug-likeness (QED) is 0.789. The Bertz CT molecular complexity index is 928. The Labute approximate surface area is 140 Å². The molecule has 1 aliphatic carbocycles. The molecule has 0 saturated heterocycles. The minimum Gasteiger partial charge on any atom is -0.345 e. The number of amides is 1. The predicted molar refractivity (Wildman–Crippen MR) is 92.0 cm³/mol. The zero-order chi connectivity index (χ0) is 16.7. The molecule has 0 aromatic carbocycles.